The number of hydrogen-bond acceptors (Lipinski definition) is 2. The number of alkyl halides is 2. The minimum absolute atomic E-state index is 0.200. The summed E-state index contributed by atoms with van der Waals surface area (Å²) in [6.07, 6.45) is -2.09. The SMILES string of the molecule is OCc1cnc(C(F)F)c(Cl)c1F. The van der Waals surface area contributed by atoms with Crippen molar-refractivity contribution in [2.45, 2.75) is 13.0 Å². The third-order valence-corrected chi connectivity index (χ3v) is 1.80. The van der Waals surface area contributed by atoms with Gasteiger partial charge in [0.05, 0.1) is 6.61 Å². The topological polar surface area (TPSA) is 33.1 Å². The molecule has 0 aliphatic rings. The fourth-order valence-corrected chi connectivity index (χ4v) is 1.03. The van der Waals surface area contributed by atoms with E-state index in [1.54, 1.807) is 0 Å². The second-order valence-electron chi connectivity index (χ2n) is 2.26. The van der Waals surface area contributed by atoms with E-state index < -0.39 is 29.6 Å². The lowest BCUT2D eigenvalue weighted by atomic mass is 10.2. The maximum absolute atomic E-state index is 13.0. The van der Waals surface area contributed by atoms with Crippen LogP contribution in [0.3, 0.4) is 0 Å². The van der Waals surface area contributed by atoms with Gasteiger partial charge in [-0.2, -0.15) is 0 Å². The first kappa shape index (κ1) is 10.3. The Bertz CT molecular complexity index is 319. The Morgan fingerprint density at radius 1 is 1.54 bits per heavy atom. The Labute approximate surface area is 77.0 Å². The van der Waals surface area contributed by atoms with Crippen molar-refractivity contribution >= 4 is 11.6 Å². The molecule has 0 atom stereocenters. The molecule has 0 aliphatic carbocycles. The average Bonchev–Trinajstić information content (AvgIpc) is 2.09. The molecule has 1 aromatic heterocycles. The Morgan fingerprint density at radius 3 is 2.62 bits per heavy atom. The van der Waals surface area contributed by atoms with Crippen LogP contribution in [0.1, 0.15) is 17.7 Å². The molecule has 72 valence electrons. The highest BCUT2D eigenvalue weighted by Crippen LogP contribution is 2.28. The maximum Gasteiger partial charge on any atom is 0.281 e. The molecule has 0 spiro atoms. The van der Waals surface area contributed by atoms with Crippen LogP contribution in [0.15, 0.2) is 6.20 Å². The fourth-order valence-electron chi connectivity index (χ4n) is 0.777. The standard InChI is InChI=1S/C7H5ClF3NO/c8-4-5(9)3(2-13)1-12-6(4)7(10)11/h1,7,13H,2H2. The van der Waals surface area contributed by atoms with Crippen LogP contribution in [0.2, 0.25) is 5.02 Å². The number of nitrogens with zero attached hydrogens (tertiary/aromatic N) is 1. The first-order valence-electron chi connectivity index (χ1n) is 3.29. The summed E-state index contributed by atoms with van der Waals surface area (Å²) in [5.74, 6) is -1.05. The zero-order chi connectivity index (χ0) is 10.0. The molecule has 0 bridgehead atoms. The van der Waals surface area contributed by atoms with Gasteiger partial charge in [0.2, 0.25) is 0 Å². The van der Waals surface area contributed by atoms with E-state index in [1.807, 2.05) is 0 Å². The summed E-state index contributed by atoms with van der Waals surface area (Å²) in [5.41, 5.74) is -1.01. The molecule has 1 rings (SSSR count). The van der Waals surface area contributed by atoms with Crippen molar-refractivity contribution in [3.63, 3.8) is 0 Å². The molecule has 2 nitrogen and oxygen atoms in total. The fraction of sp³-hybridized carbons (Fsp3) is 0.286. The molecule has 0 aromatic carbocycles. The van der Waals surface area contributed by atoms with E-state index in [0.29, 0.717) is 0 Å². The monoisotopic (exact) mass is 211 g/mol. The van der Waals surface area contributed by atoms with Crippen LogP contribution in [0.4, 0.5) is 13.2 Å². The van der Waals surface area contributed by atoms with Crippen molar-refractivity contribution in [3.05, 3.63) is 28.3 Å². The zero-order valence-corrected chi connectivity index (χ0v) is 7.02. The third-order valence-electron chi connectivity index (χ3n) is 1.44. The van der Waals surface area contributed by atoms with Crippen LogP contribution in [0.5, 0.6) is 0 Å². The van der Waals surface area contributed by atoms with E-state index >= 15 is 0 Å². The van der Waals surface area contributed by atoms with E-state index in [1.165, 1.54) is 0 Å². The van der Waals surface area contributed by atoms with Gasteiger partial charge in [0.15, 0.2) is 5.82 Å². The van der Waals surface area contributed by atoms with Gasteiger partial charge in [-0.3, -0.25) is 4.98 Å². The third kappa shape index (κ3) is 1.92. The van der Waals surface area contributed by atoms with Gasteiger partial charge in [-0.05, 0) is 0 Å². The van der Waals surface area contributed by atoms with E-state index in [0.717, 1.165) is 6.20 Å². The van der Waals surface area contributed by atoms with Gasteiger partial charge in [0.25, 0.3) is 6.43 Å². The summed E-state index contributed by atoms with van der Waals surface area (Å²) < 4.78 is 37.1. The predicted molar refractivity (Wildman–Crippen MR) is 40.1 cm³/mol. The van der Waals surface area contributed by atoms with Crippen molar-refractivity contribution in [1.82, 2.24) is 4.98 Å². The lowest BCUT2D eigenvalue weighted by molar-refractivity contribution is 0.145. The van der Waals surface area contributed by atoms with Crippen LogP contribution in [0, 0.1) is 5.82 Å². The molecule has 1 N–H and O–H groups in total. The normalized spacial score (nSPS) is 10.9. The molecule has 0 fully saturated rings. The van der Waals surface area contributed by atoms with Crippen molar-refractivity contribution in [2.24, 2.45) is 0 Å². The smallest absolute Gasteiger partial charge is 0.281 e. The van der Waals surface area contributed by atoms with Crippen LogP contribution in [-0.2, 0) is 6.61 Å². The molecule has 1 heterocycles. The van der Waals surface area contributed by atoms with Gasteiger partial charge in [0.1, 0.15) is 10.7 Å². The summed E-state index contributed by atoms with van der Waals surface area (Å²) in [6, 6.07) is 0. The average molecular weight is 212 g/mol. The molecule has 0 saturated heterocycles. The lowest BCUT2D eigenvalue weighted by Crippen LogP contribution is -1.99. The molecular weight excluding hydrogens is 207 g/mol. The molecule has 0 unspecified atom stereocenters. The number of rotatable bonds is 2. The van der Waals surface area contributed by atoms with Crippen LogP contribution >= 0.6 is 11.6 Å². The molecule has 0 aliphatic heterocycles. The first-order valence-corrected chi connectivity index (χ1v) is 3.67. The molecule has 6 heteroatoms. The summed E-state index contributed by atoms with van der Waals surface area (Å²) >= 11 is 5.24. The molecule has 0 saturated carbocycles. The maximum atomic E-state index is 13.0. The number of halogens is 4. The van der Waals surface area contributed by atoms with E-state index in [4.69, 9.17) is 16.7 Å². The Morgan fingerprint density at radius 2 is 2.15 bits per heavy atom. The number of aliphatic hydroxyl groups is 1. The lowest BCUT2D eigenvalue weighted by Gasteiger charge is -2.05. The number of hydrogen-bond donors (Lipinski definition) is 1. The first-order chi connectivity index (χ1) is 6.07. The molecule has 13 heavy (non-hydrogen) atoms. The van der Waals surface area contributed by atoms with Crippen molar-refractivity contribution in [2.75, 3.05) is 0 Å². The summed E-state index contributed by atoms with van der Waals surface area (Å²) in [4.78, 5) is 3.23. The van der Waals surface area contributed by atoms with E-state index in [-0.39, 0.29) is 5.56 Å². The van der Waals surface area contributed by atoms with E-state index in [2.05, 4.69) is 4.98 Å². The van der Waals surface area contributed by atoms with Gasteiger partial charge >= 0.3 is 0 Å². The van der Waals surface area contributed by atoms with E-state index in [9.17, 15) is 13.2 Å². The zero-order valence-electron chi connectivity index (χ0n) is 6.27. The number of aromatic nitrogens is 1. The highest BCUT2D eigenvalue weighted by Gasteiger charge is 2.19. The molecular formula is C7H5ClF3NO. The minimum atomic E-state index is -2.92. The van der Waals surface area contributed by atoms with Gasteiger partial charge < -0.3 is 5.11 Å². The highest BCUT2D eigenvalue weighted by molar-refractivity contribution is 6.31. The van der Waals surface area contributed by atoms with Gasteiger partial charge in [-0.15, -0.1) is 0 Å². The Hall–Kier alpha value is -0.810. The summed E-state index contributed by atoms with van der Waals surface area (Å²) in [5, 5.41) is 7.81. The number of pyridine rings is 1. The molecule has 1 aromatic rings. The minimum Gasteiger partial charge on any atom is -0.392 e. The quantitative estimate of drug-likeness (QED) is 0.814. The van der Waals surface area contributed by atoms with Gasteiger partial charge in [-0.1, -0.05) is 11.6 Å². The van der Waals surface area contributed by atoms with Crippen molar-refractivity contribution < 1.29 is 18.3 Å². The summed E-state index contributed by atoms with van der Waals surface area (Å²) in [6.45, 7) is -0.623. The highest BCUT2D eigenvalue weighted by atomic mass is 35.5. The predicted octanol–water partition coefficient (Wildman–Crippen LogP) is 2.30. The van der Waals surface area contributed by atoms with Crippen LogP contribution in [0.25, 0.3) is 0 Å². The van der Waals surface area contributed by atoms with Gasteiger partial charge in [0, 0.05) is 11.8 Å². The second kappa shape index (κ2) is 3.93. The van der Waals surface area contributed by atoms with Crippen LogP contribution < -0.4 is 0 Å². The van der Waals surface area contributed by atoms with Crippen molar-refractivity contribution in [1.29, 1.82) is 0 Å². The Balaban J connectivity index is 3.23. The van der Waals surface area contributed by atoms with Gasteiger partial charge in [-0.25, -0.2) is 13.2 Å². The molecule has 0 amide bonds. The molecule has 0 radical (unpaired) electrons. The summed E-state index contributed by atoms with van der Waals surface area (Å²) in [7, 11) is 0. The van der Waals surface area contributed by atoms with Crippen molar-refractivity contribution in [3.8, 4) is 0 Å². The Kier molecular flexibility index (Phi) is 3.11. The second-order valence-corrected chi connectivity index (χ2v) is 2.63. The largest absolute Gasteiger partial charge is 0.392 e. The van der Waals surface area contributed by atoms with Crippen LogP contribution in [-0.4, -0.2) is 10.1 Å². The number of aliphatic hydroxyl groups excluding tert-OH is 1.